The molecular weight excluding hydrogens is 484 g/mol. The number of nitrogens with zero attached hydrogens (tertiary/aromatic N) is 2. The minimum atomic E-state index is 1.09. The maximum Gasteiger partial charge on any atom is 0.0571 e. The summed E-state index contributed by atoms with van der Waals surface area (Å²) >= 11 is 0. The monoisotopic (exact) mass is 530 g/mol. The van der Waals surface area contributed by atoms with Crippen molar-refractivity contribution in [3.05, 3.63) is 72.8 Å². The summed E-state index contributed by atoms with van der Waals surface area (Å²) in [6.07, 6.45) is 15.9. The lowest BCUT2D eigenvalue weighted by Crippen LogP contribution is -2.00. The van der Waals surface area contributed by atoms with E-state index in [1.165, 1.54) is 131 Å². The summed E-state index contributed by atoms with van der Waals surface area (Å²) in [7, 11) is 0. The summed E-state index contributed by atoms with van der Waals surface area (Å²) in [5.41, 5.74) is 5.61. The van der Waals surface area contributed by atoms with Gasteiger partial charge in [0.2, 0.25) is 0 Å². The number of hydrogen-bond donors (Lipinski definition) is 0. The van der Waals surface area contributed by atoms with E-state index in [2.05, 4.69) is 95.8 Å². The van der Waals surface area contributed by atoms with Gasteiger partial charge in [-0.1, -0.05) is 139 Å². The van der Waals surface area contributed by atoms with Crippen LogP contribution < -0.4 is 0 Å². The first-order valence-electron chi connectivity index (χ1n) is 16.2. The zero-order valence-corrected chi connectivity index (χ0v) is 24.7. The Labute approximate surface area is 240 Å². The van der Waals surface area contributed by atoms with Crippen molar-refractivity contribution in [2.75, 3.05) is 0 Å². The zero-order valence-electron chi connectivity index (χ0n) is 24.7. The van der Waals surface area contributed by atoms with Gasteiger partial charge in [0.15, 0.2) is 0 Å². The van der Waals surface area contributed by atoms with Gasteiger partial charge in [-0.3, -0.25) is 0 Å². The Morgan fingerprint density at radius 1 is 0.375 bits per heavy atom. The number of para-hydroxylation sites is 2. The SMILES string of the molecule is CCCCCCCCn1c2ccccc2c2ccc3c(ccc4c5ccccc5n(CCCCCCCC)c43)c21. The Kier molecular flexibility index (Phi) is 8.42. The molecule has 0 radical (unpaired) electrons. The van der Waals surface area contributed by atoms with E-state index in [1.807, 2.05) is 0 Å². The first kappa shape index (κ1) is 26.9. The molecule has 2 heterocycles. The molecule has 0 aliphatic carbocycles. The third-order valence-electron chi connectivity index (χ3n) is 9.12. The molecule has 0 saturated carbocycles. The van der Waals surface area contributed by atoms with Crippen molar-refractivity contribution >= 4 is 54.4 Å². The van der Waals surface area contributed by atoms with E-state index >= 15 is 0 Å². The molecule has 2 aromatic heterocycles. The van der Waals surface area contributed by atoms with Gasteiger partial charge in [-0.05, 0) is 25.0 Å². The van der Waals surface area contributed by atoms with Gasteiger partial charge >= 0.3 is 0 Å². The second-order valence-corrected chi connectivity index (χ2v) is 11.9. The average molecular weight is 531 g/mol. The minimum absolute atomic E-state index is 1.09. The molecule has 6 aromatic rings. The van der Waals surface area contributed by atoms with Gasteiger partial charge in [-0.15, -0.1) is 0 Å². The summed E-state index contributed by atoms with van der Waals surface area (Å²) in [5, 5.41) is 8.37. The van der Waals surface area contributed by atoms with Crippen molar-refractivity contribution in [2.45, 2.75) is 104 Å². The standard InChI is InChI=1S/C38H46N2/c1-3-5-7-9-11-17-27-39-35-21-15-13-19-29(35)31-23-26-34-33(37(31)39)25-24-32-30-20-14-16-22-36(30)40(38(32)34)28-18-12-10-8-6-4-2/h13-16,19-26H,3-12,17-18,27-28H2,1-2H3. The van der Waals surface area contributed by atoms with Crippen LogP contribution in [0, 0.1) is 0 Å². The smallest absolute Gasteiger partial charge is 0.0571 e. The molecule has 4 aromatic carbocycles. The molecule has 0 bridgehead atoms. The van der Waals surface area contributed by atoms with Crippen LogP contribution >= 0.6 is 0 Å². The number of aromatic nitrogens is 2. The molecule has 0 unspecified atom stereocenters. The predicted molar refractivity (Wildman–Crippen MR) is 177 cm³/mol. The van der Waals surface area contributed by atoms with E-state index in [0.717, 1.165) is 13.1 Å². The van der Waals surface area contributed by atoms with Crippen LogP contribution in [0.25, 0.3) is 54.4 Å². The first-order chi connectivity index (χ1) is 19.8. The van der Waals surface area contributed by atoms with Gasteiger partial charge in [0.05, 0.1) is 11.0 Å². The van der Waals surface area contributed by atoms with Crippen LogP contribution in [0.3, 0.4) is 0 Å². The number of aryl methyl sites for hydroxylation is 2. The van der Waals surface area contributed by atoms with Crippen LogP contribution in [0.2, 0.25) is 0 Å². The molecule has 0 saturated heterocycles. The lowest BCUT2D eigenvalue weighted by Gasteiger charge is -2.12. The van der Waals surface area contributed by atoms with Crippen LogP contribution in [-0.2, 0) is 13.1 Å². The highest BCUT2D eigenvalue weighted by Gasteiger charge is 2.18. The molecule has 0 aliphatic heterocycles. The lowest BCUT2D eigenvalue weighted by molar-refractivity contribution is 0.571. The van der Waals surface area contributed by atoms with Crippen LogP contribution in [0.4, 0.5) is 0 Å². The molecule has 6 rings (SSSR count). The van der Waals surface area contributed by atoms with Crippen molar-refractivity contribution in [1.82, 2.24) is 9.13 Å². The van der Waals surface area contributed by atoms with Crippen LogP contribution in [0.1, 0.15) is 90.9 Å². The Bertz CT molecular complexity index is 1600. The largest absolute Gasteiger partial charge is 0.340 e. The highest BCUT2D eigenvalue weighted by Crippen LogP contribution is 2.40. The molecular formula is C38H46N2. The Balaban J connectivity index is 1.46. The quantitative estimate of drug-likeness (QED) is 0.124. The third-order valence-corrected chi connectivity index (χ3v) is 9.12. The summed E-state index contributed by atoms with van der Waals surface area (Å²) in [6.45, 7) is 6.78. The lowest BCUT2D eigenvalue weighted by atomic mass is 10.0. The van der Waals surface area contributed by atoms with Crippen molar-refractivity contribution in [1.29, 1.82) is 0 Å². The minimum Gasteiger partial charge on any atom is -0.340 e. The second-order valence-electron chi connectivity index (χ2n) is 11.9. The Morgan fingerprint density at radius 2 is 0.725 bits per heavy atom. The van der Waals surface area contributed by atoms with Gasteiger partial charge in [-0.2, -0.15) is 0 Å². The van der Waals surface area contributed by atoms with Gasteiger partial charge in [0.1, 0.15) is 0 Å². The normalized spacial score (nSPS) is 12.2. The van der Waals surface area contributed by atoms with E-state index in [9.17, 15) is 0 Å². The highest BCUT2D eigenvalue weighted by molar-refractivity contribution is 6.25. The number of fused-ring (bicyclic) bond motifs is 9. The fourth-order valence-electron chi connectivity index (χ4n) is 7.07. The second kappa shape index (κ2) is 12.5. The number of unbranched alkanes of at least 4 members (excludes halogenated alkanes) is 10. The molecule has 0 fully saturated rings. The molecule has 0 amide bonds. The summed E-state index contributed by atoms with van der Waals surface area (Å²) in [5.74, 6) is 0. The molecule has 2 heteroatoms. The fourth-order valence-corrected chi connectivity index (χ4v) is 7.07. The van der Waals surface area contributed by atoms with Gasteiger partial charge in [0.25, 0.3) is 0 Å². The molecule has 0 atom stereocenters. The molecule has 2 nitrogen and oxygen atoms in total. The molecule has 0 N–H and O–H groups in total. The van der Waals surface area contributed by atoms with E-state index < -0.39 is 0 Å². The zero-order chi connectivity index (χ0) is 27.3. The van der Waals surface area contributed by atoms with E-state index in [4.69, 9.17) is 0 Å². The predicted octanol–water partition coefficient (Wildman–Crippen LogP) is 11.8. The van der Waals surface area contributed by atoms with Crippen molar-refractivity contribution in [3.63, 3.8) is 0 Å². The molecule has 0 spiro atoms. The highest BCUT2D eigenvalue weighted by atomic mass is 15.0. The fraction of sp³-hybridized carbons (Fsp3) is 0.421. The van der Waals surface area contributed by atoms with Crippen LogP contribution in [0.15, 0.2) is 72.8 Å². The number of benzene rings is 4. The van der Waals surface area contributed by atoms with Crippen molar-refractivity contribution in [3.8, 4) is 0 Å². The van der Waals surface area contributed by atoms with Crippen LogP contribution in [0.5, 0.6) is 0 Å². The average Bonchev–Trinajstić information content (AvgIpc) is 3.49. The number of rotatable bonds is 14. The van der Waals surface area contributed by atoms with Gasteiger partial charge in [-0.25, -0.2) is 0 Å². The maximum absolute atomic E-state index is 2.64. The summed E-state index contributed by atoms with van der Waals surface area (Å²) < 4.78 is 5.28. The maximum atomic E-state index is 2.64. The van der Waals surface area contributed by atoms with Gasteiger partial charge < -0.3 is 9.13 Å². The van der Waals surface area contributed by atoms with Crippen LogP contribution in [-0.4, -0.2) is 9.13 Å². The van der Waals surface area contributed by atoms with Gasteiger partial charge in [0, 0.05) is 56.4 Å². The third kappa shape index (κ3) is 5.02. The molecule has 208 valence electrons. The Morgan fingerprint density at radius 3 is 1.15 bits per heavy atom. The Hall–Kier alpha value is -3.26. The summed E-state index contributed by atoms with van der Waals surface area (Å²) in [6, 6.07) is 27.7. The first-order valence-corrected chi connectivity index (χ1v) is 16.2. The van der Waals surface area contributed by atoms with Crippen molar-refractivity contribution in [2.24, 2.45) is 0 Å². The van der Waals surface area contributed by atoms with E-state index in [1.54, 1.807) is 0 Å². The summed E-state index contributed by atoms with van der Waals surface area (Å²) in [4.78, 5) is 0. The van der Waals surface area contributed by atoms with E-state index in [-0.39, 0.29) is 0 Å². The van der Waals surface area contributed by atoms with Crippen molar-refractivity contribution < 1.29 is 0 Å². The van der Waals surface area contributed by atoms with E-state index in [0.29, 0.717) is 0 Å². The molecule has 40 heavy (non-hydrogen) atoms. The number of hydrogen-bond acceptors (Lipinski definition) is 0. The molecule has 0 aliphatic rings. The topological polar surface area (TPSA) is 9.86 Å².